The highest BCUT2D eigenvalue weighted by atomic mass is 16.1. The lowest BCUT2D eigenvalue weighted by molar-refractivity contribution is 0.0932. The summed E-state index contributed by atoms with van der Waals surface area (Å²) in [6.07, 6.45) is 6.37. The second kappa shape index (κ2) is 7.71. The molecule has 0 aliphatic rings. The molecule has 0 aliphatic heterocycles. The normalized spacial score (nSPS) is 12.3. The third-order valence-electron chi connectivity index (χ3n) is 2.92. The second-order valence-corrected chi connectivity index (χ2v) is 5.24. The minimum Gasteiger partial charge on any atom is -0.372 e. The van der Waals surface area contributed by atoms with E-state index in [1.54, 1.807) is 13.2 Å². The molecule has 0 saturated carbocycles. The molecule has 0 aliphatic carbocycles. The number of hydrogen-bond acceptors (Lipinski definition) is 4. The number of carbonyl (C=O) groups excluding carboxylic acids is 1. The van der Waals surface area contributed by atoms with Crippen LogP contribution in [0.5, 0.6) is 0 Å². The summed E-state index contributed by atoms with van der Waals surface area (Å²) in [6, 6.07) is 0.159. The van der Waals surface area contributed by atoms with Crippen LogP contribution in [-0.4, -0.2) is 29.0 Å². The largest absolute Gasteiger partial charge is 0.372 e. The van der Waals surface area contributed by atoms with Gasteiger partial charge in [-0.1, -0.05) is 26.7 Å². The number of aromatic nitrogens is 2. The number of nitrogens with zero attached hydrogens (tertiary/aromatic N) is 2. The van der Waals surface area contributed by atoms with Crippen molar-refractivity contribution in [1.82, 2.24) is 15.3 Å². The second-order valence-electron chi connectivity index (χ2n) is 5.24. The molecule has 1 aromatic heterocycles. The van der Waals surface area contributed by atoms with E-state index in [2.05, 4.69) is 34.4 Å². The average Bonchev–Trinajstić information content (AvgIpc) is 2.38. The highest BCUT2D eigenvalue weighted by molar-refractivity contribution is 5.92. The SMILES string of the molecule is CNc1cncc(C(=O)NC(C)CCCC(C)C)n1. The highest BCUT2D eigenvalue weighted by Crippen LogP contribution is 2.09. The van der Waals surface area contributed by atoms with Gasteiger partial charge in [0.1, 0.15) is 11.5 Å². The van der Waals surface area contributed by atoms with Crippen LogP contribution in [0.3, 0.4) is 0 Å². The molecule has 106 valence electrons. The van der Waals surface area contributed by atoms with E-state index in [0.717, 1.165) is 12.8 Å². The predicted molar refractivity (Wildman–Crippen MR) is 77.2 cm³/mol. The van der Waals surface area contributed by atoms with Crippen molar-refractivity contribution in [2.24, 2.45) is 5.92 Å². The van der Waals surface area contributed by atoms with Crippen LogP contribution in [0, 0.1) is 5.92 Å². The molecule has 1 atom stereocenters. The van der Waals surface area contributed by atoms with Gasteiger partial charge >= 0.3 is 0 Å². The van der Waals surface area contributed by atoms with Gasteiger partial charge in [0.2, 0.25) is 0 Å². The molecule has 0 saturated heterocycles. The van der Waals surface area contributed by atoms with Gasteiger partial charge in [-0.2, -0.15) is 0 Å². The van der Waals surface area contributed by atoms with Crippen LogP contribution in [-0.2, 0) is 0 Å². The van der Waals surface area contributed by atoms with E-state index in [4.69, 9.17) is 0 Å². The zero-order chi connectivity index (χ0) is 14.3. The molecule has 1 unspecified atom stereocenters. The van der Waals surface area contributed by atoms with E-state index in [9.17, 15) is 4.79 Å². The molecule has 5 heteroatoms. The van der Waals surface area contributed by atoms with Crippen molar-refractivity contribution in [3.05, 3.63) is 18.1 Å². The van der Waals surface area contributed by atoms with Crippen LogP contribution in [0.4, 0.5) is 5.82 Å². The minimum atomic E-state index is -0.165. The van der Waals surface area contributed by atoms with E-state index in [1.807, 2.05) is 6.92 Å². The summed E-state index contributed by atoms with van der Waals surface area (Å²) in [5.41, 5.74) is 0.350. The summed E-state index contributed by atoms with van der Waals surface area (Å²) >= 11 is 0. The highest BCUT2D eigenvalue weighted by Gasteiger charge is 2.12. The van der Waals surface area contributed by atoms with Crippen molar-refractivity contribution < 1.29 is 4.79 Å². The standard InChI is InChI=1S/C14H24N4O/c1-10(2)6-5-7-11(3)17-14(19)12-8-16-9-13(15-4)18-12/h8-11H,5-7H2,1-4H3,(H,15,18)(H,17,19). The van der Waals surface area contributed by atoms with Gasteiger partial charge in [0.05, 0.1) is 12.4 Å². The molecule has 19 heavy (non-hydrogen) atoms. The number of amides is 1. The van der Waals surface area contributed by atoms with Crippen molar-refractivity contribution in [2.75, 3.05) is 12.4 Å². The van der Waals surface area contributed by atoms with Crippen LogP contribution in [0.1, 0.15) is 50.5 Å². The third kappa shape index (κ3) is 5.68. The Labute approximate surface area is 115 Å². The van der Waals surface area contributed by atoms with Gasteiger partial charge in [0, 0.05) is 13.1 Å². The number of anilines is 1. The number of rotatable bonds is 7. The van der Waals surface area contributed by atoms with Gasteiger partial charge in [-0.05, 0) is 19.3 Å². The first-order chi connectivity index (χ1) is 9.02. The first kappa shape index (κ1) is 15.4. The molecule has 5 nitrogen and oxygen atoms in total. The number of nitrogens with one attached hydrogen (secondary N) is 2. The first-order valence-corrected chi connectivity index (χ1v) is 6.83. The molecule has 2 N–H and O–H groups in total. The molecular weight excluding hydrogens is 240 g/mol. The van der Waals surface area contributed by atoms with Gasteiger partial charge in [-0.25, -0.2) is 4.98 Å². The Morgan fingerprint density at radius 2 is 2.00 bits per heavy atom. The van der Waals surface area contributed by atoms with Crippen LogP contribution >= 0.6 is 0 Å². The van der Waals surface area contributed by atoms with Gasteiger partial charge in [-0.3, -0.25) is 9.78 Å². The molecule has 1 heterocycles. The van der Waals surface area contributed by atoms with Crippen LogP contribution in [0.25, 0.3) is 0 Å². The summed E-state index contributed by atoms with van der Waals surface area (Å²) in [5, 5.41) is 5.82. The Hall–Kier alpha value is -1.65. The Balaban J connectivity index is 2.45. The molecule has 0 aromatic carbocycles. The van der Waals surface area contributed by atoms with Crippen molar-refractivity contribution in [3.8, 4) is 0 Å². The van der Waals surface area contributed by atoms with Crippen molar-refractivity contribution in [2.45, 2.75) is 46.1 Å². The van der Waals surface area contributed by atoms with E-state index in [1.165, 1.54) is 12.6 Å². The molecule has 1 aromatic rings. The summed E-state index contributed by atoms with van der Waals surface area (Å²) in [4.78, 5) is 20.1. The average molecular weight is 264 g/mol. The lowest BCUT2D eigenvalue weighted by Crippen LogP contribution is -2.33. The van der Waals surface area contributed by atoms with Crippen molar-refractivity contribution >= 4 is 11.7 Å². The molecular formula is C14H24N4O. The predicted octanol–water partition coefficient (Wildman–Crippen LogP) is 2.46. The fourth-order valence-electron chi connectivity index (χ4n) is 1.80. The Morgan fingerprint density at radius 1 is 1.26 bits per heavy atom. The summed E-state index contributed by atoms with van der Waals surface area (Å²) < 4.78 is 0. The molecule has 1 rings (SSSR count). The zero-order valence-electron chi connectivity index (χ0n) is 12.2. The van der Waals surface area contributed by atoms with Crippen LogP contribution < -0.4 is 10.6 Å². The lowest BCUT2D eigenvalue weighted by atomic mass is 10.0. The van der Waals surface area contributed by atoms with Gasteiger partial charge < -0.3 is 10.6 Å². The van der Waals surface area contributed by atoms with Gasteiger partial charge in [-0.15, -0.1) is 0 Å². The Morgan fingerprint density at radius 3 is 2.63 bits per heavy atom. The molecule has 1 amide bonds. The van der Waals surface area contributed by atoms with Crippen molar-refractivity contribution in [1.29, 1.82) is 0 Å². The van der Waals surface area contributed by atoms with E-state index >= 15 is 0 Å². The Kier molecular flexibility index (Phi) is 6.25. The maximum atomic E-state index is 12.0. The monoisotopic (exact) mass is 264 g/mol. The van der Waals surface area contributed by atoms with Crippen LogP contribution in [0.15, 0.2) is 12.4 Å². The molecule has 0 fully saturated rings. The zero-order valence-corrected chi connectivity index (χ0v) is 12.2. The van der Waals surface area contributed by atoms with Gasteiger partial charge in [0.25, 0.3) is 5.91 Å². The summed E-state index contributed by atoms with van der Waals surface area (Å²) in [7, 11) is 1.75. The Bertz CT molecular complexity index is 406. The first-order valence-electron chi connectivity index (χ1n) is 6.83. The third-order valence-corrected chi connectivity index (χ3v) is 2.92. The number of carbonyl (C=O) groups is 1. The maximum Gasteiger partial charge on any atom is 0.271 e. The maximum absolute atomic E-state index is 12.0. The fourth-order valence-corrected chi connectivity index (χ4v) is 1.80. The van der Waals surface area contributed by atoms with E-state index in [-0.39, 0.29) is 11.9 Å². The molecule has 0 radical (unpaired) electrons. The van der Waals surface area contributed by atoms with Crippen LogP contribution in [0.2, 0.25) is 0 Å². The lowest BCUT2D eigenvalue weighted by Gasteiger charge is -2.14. The summed E-state index contributed by atoms with van der Waals surface area (Å²) in [5.74, 6) is 1.14. The molecule has 0 spiro atoms. The fraction of sp³-hybridized carbons (Fsp3) is 0.643. The minimum absolute atomic E-state index is 0.159. The van der Waals surface area contributed by atoms with Gasteiger partial charge in [0.15, 0.2) is 0 Å². The smallest absolute Gasteiger partial charge is 0.271 e. The van der Waals surface area contributed by atoms with E-state index in [0.29, 0.717) is 17.4 Å². The van der Waals surface area contributed by atoms with E-state index < -0.39 is 0 Å². The quantitative estimate of drug-likeness (QED) is 0.794. The number of hydrogen-bond donors (Lipinski definition) is 2. The van der Waals surface area contributed by atoms with Crippen molar-refractivity contribution in [3.63, 3.8) is 0 Å². The molecule has 0 bridgehead atoms. The summed E-state index contributed by atoms with van der Waals surface area (Å²) in [6.45, 7) is 6.44. The topological polar surface area (TPSA) is 66.9 Å².